The molecule has 0 radical (unpaired) electrons. The molecule has 1 N–H and O–H groups in total. The van der Waals surface area contributed by atoms with E-state index in [0.29, 0.717) is 11.4 Å². The van der Waals surface area contributed by atoms with Crippen LogP contribution in [0.1, 0.15) is 28.6 Å². The first-order chi connectivity index (χ1) is 11.0. The summed E-state index contributed by atoms with van der Waals surface area (Å²) in [5.74, 6) is -0.292. The van der Waals surface area contributed by atoms with Crippen molar-refractivity contribution in [3.05, 3.63) is 50.6 Å². The van der Waals surface area contributed by atoms with Crippen LogP contribution in [0.4, 0.5) is 5.69 Å². The zero-order chi connectivity index (χ0) is 16.8. The SMILES string of the molecule is CCCN(CC(=O)Nc1ccccc1C)C(=O)c1ccc(Br)s1. The van der Waals surface area contributed by atoms with Crippen molar-refractivity contribution in [3.63, 3.8) is 0 Å². The van der Waals surface area contributed by atoms with Gasteiger partial charge in [0.25, 0.3) is 5.91 Å². The van der Waals surface area contributed by atoms with Crippen LogP contribution in [-0.2, 0) is 4.79 Å². The lowest BCUT2D eigenvalue weighted by atomic mass is 10.2. The summed E-state index contributed by atoms with van der Waals surface area (Å²) in [7, 11) is 0. The predicted molar refractivity (Wildman–Crippen MR) is 98.0 cm³/mol. The van der Waals surface area contributed by atoms with Gasteiger partial charge in [0.05, 0.1) is 8.66 Å². The number of nitrogens with zero attached hydrogens (tertiary/aromatic N) is 1. The van der Waals surface area contributed by atoms with Crippen LogP contribution in [0, 0.1) is 6.92 Å². The molecule has 2 rings (SSSR count). The Morgan fingerprint density at radius 3 is 2.57 bits per heavy atom. The fraction of sp³-hybridized carbons (Fsp3) is 0.294. The zero-order valence-electron chi connectivity index (χ0n) is 13.1. The average molecular weight is 395 g/mol. The molecule has 1 aromatic carbocycles. The minimum atomic E-state index is -0.184. The van der Waals surface area contributed by atoms with Gasteiger partial charge in [-0.1, -0.05) is 25.1 Å². The number of hydrogen-bond acceptors (Lipinski definition) is 3. The fourth-order valence-corrected chi connectivity index (χ4v) is 3.54. The highest BCUT2D eigenvalue weighted by Gasteiger charge is 2.20. The van der Waals surface area contributed by atoms with Crippen LogP contribution in [0.5, 0.6) is 0 Å². The third-order valence-corrected chi connectivity index (χ3v) is 4.93. The van der Waals surface area contributed by atoms with Gasteiger partial charge in [0, 0.05) is 12.2 Å². The Labute approximate surface area is 148 Å². The number of hydrogen-bond donors (Lipinski definition) is 1. The lowest BCUT2D eigenvalue weighted by Crippen LogP contribution is -2.38. The molecular formula is C17H19BrN2O2S. The monoisotopic (exact) mass is 394 g/mol. The van der Waals surface area contributed by atoms with E-state index in [1.807, 2.05) is 44.2 Å². The van der Waals surface area contributed by atoms with Crippen LogP contribution in [0.3, 0.4) is 0 Å². The van der Waals surface area contributed by atoms with E-state index in [2.05, 4.69) is 21.2 Å². The van der Waals surface area contributed by atoms with Crippen molar-refractivity contribution in [1.29, 1.82) is 0 Å². The summed E-state index contributed by atoms with van der Waals surface area (Å²) in [6.45, 7) is 4.53. The fourth-order valence-electron chi connectivity index (χ4n) is 2.18. The van der Waals surface area contributed by atoms with Gasteiger partial charge in [0.15, 0.2) is 0 Å². The standard InChI is InChI=1S/C17H19BrN2O2S/c1-3-10-20(17(22)14-8-9-15(18)23-14)11-16(21)19-13-7-5-4-6-12(13)2/h4-9H,3,10-11H2,1-2H3,(H,19,21). The molecule has 2 amide bonds. The Morgan fingerprint density at radius 1 is 1.22 bits per heavy atom. The molecule has 0 aliphatic carbocycles. The summed E-state index contributed by atoms with van der Waals surface area (Å²) in [4.78, 5) is 27.0. The zero-order valence-corrected chi connectivity index (χ0v) is 15.5. The first kappa shape index (κ1) is 17.7. The summed E-state index contributed by atoms with van der Waals surface area (Å²) in [5, 5.41) is 2.87. The number of rotatable bonds is 6. The number of para-hydroxylation sites is 1. The second-order valence-electron chi connectivity index (χ2n) is 5.19. The number of benzene rings is 1. The minimum absolute atomic E-state index is 0.0521. The van der Waals surface area contributed by atoms with E-state index >= 15 is 0 Å². The topological polar surface area (TPSA) is 49.4 Å². The molecule has 0 atom stereocenters. The Kier molecular flexibility index (Phi) is 6.36. The van der Waals surface area contributed by atoms with Gasteiger partial charge in [-0.3, -0.25) is 9.59 Å². The van der Waals surface area contributed by atoms with Crippen molar-refractivity contribution in [1.82, 2.24) is 4.90 Å². The summed E-state index contributed by atoms with van der Waals surface area (Å²) >= 11 is 4.74. The molecular weight excluding hydrogens is 376 g/mol. The van der Waals surface area contributed by atoms with E-state index < -0.39 is 0 Å². The van der Waals surface area contributed by atoms with Crippen LogP contribution >= 0.6 is 27.3 Å². The summed E-state index contributed by atoms with van der Waals surface area (Å²) in [5.41, 5.74) is 1.77. The van der Waals surface area contributed by atoms with E-state index in [-0.39, 0.29) is 18.4 Å². The molecule has 0 unspecified atom stereocenters. The van der Waals surface area contributed by atoms with Crippen molar-refractivity contribution in [2.75, 3.05) is 18.4 Å². The third kappa shape index (κ3) is 4.91. The van der Waals surface area contributed by atoms with Crippen LogP contribution in [0.25, 0.3) is 0 Å². The maximum absolute atomic E-state index is 12.5. The Hall–Kier alpha value is -1.66. The second kappa shape index (κ2) is 8.26. The lowest BCUT2D eigenvalue weighted by molar-refractivity contribution is -0.116. The van der Waals surface area contributed by atoms with Gasteiger partial charge in [0.1, 0.15) is 6.54 Å². The number of carbonyl (C=O) groups excluding carboxylic acids is 2. The number of halogens is 1. The molecule has 23 heavy (non-hydrogen) atoms. The Balaban J connectivity index is 2.05. The smallest absolute Gasteiger partial charge is 0.264 e. The van der Waals surface area contributed by atoms with Gasteiger partial charge in [-0.25, -0.2) is 0 Å². The highest BCUT2D eigenvalue weighted by molar-refractivity contribution is 9.11. The van der Waals surface area contributed by atoms with Gasteiger partial charge >= 0.3 is 0 Å². The highest BCUT2D eigenvalue weighted by atomic mass is 79.9. The number of amides is 2. The summed E-state index contributed by atoms with van der Waals surface area (Å²) in [6, 6.07) is 11.2. The van der Waals surface area contributed by atoms with E-state index in [4.69, 9.17) is 0 Å². The van der Waals surface area contributed by atoms with Crippen molar-refractivity contribution < 1.29 is 9.59 Å². The number of nitrogens with one attached hydrogen (secondary N) is 1. The summed E-state index contributed by atoms with van der Waals surface area (Å²) < 4.78 is 0.904. The molecule has 0 aliphatic rings. The van der Waals surface area contributed by atoms with Crippen LogP contribution in [0.15, 0.2) is 40.2 Å². The number of anilines is 1. The molecule has 0 saturated heterocycles. The van der Waals surface area contributed by atoms with E-state index in [1.165, 1.54) is 11.3 Å². The molecule has 1 heterocycles. The Morgan fingerprint density at radius 2 is 1.96 bits per heavy atom. The molecule has 6 heteroatoms. The van der Waals surface area contributed by atoms with Gasteiger partial charge in [-0.2, -0.15) is 0 Å². The van der Waals surface area contributed by atoms with Crippen LogP contribution < -0.4 is 5.32 Å². The van der Waals surface area contributed by atoms with Gasteiger partial charge in [0.2, 0.25) is 5.91 Å². The van der Waals surface area contributed by atoms with Crippen LogP contribution in [-0.4, -0.2) is 29.8 Å². The molecule has 122 valence electrons. The minimum Gasteiger partial charge on any atom is -0.329 e. The van der Waals surface area contributed by atoms with Crippen molar-refractivity contribution in [2.45, 2.75) is 20.3 Å². The van der Waals surface area contributed by atoms with Crippen molar-refractivity contribution >= 4 is 44.8 Å². The lowest BCUT2D eigenvalue weighted by Gasteiger charge is -2.21. The molecule has 2 aromatic rings. The van der Waals surface area contributed by atoms with Gasteiger partial charge in [-0.15, -0.1) is 11.3 Å². The maximum atomic E-state index is 12.5. The van der Waals surface area contributed by atoms with Gasteiger partial charge < -0.3 is 10.2 Å². The third-order valence-electron chi connectivity index (χ3n) is 3.32. The molecule has 0 fully saturated rings. The van der Waals surface area contributed by atoms with E-state index in [1.54, 1.807) is 11.0 Å². The van der Waals surface area contributed by atoms with E-state index in [0.717, 1.165) is 21.5 Å². The molecule has 0 saturated carbocycles. The van der Waals surface area contributed by atoms with Crippen molar-refractivity contribution in [2.24, 2.45) is 0 Å². The maximum Gasteiger partial charge on any atom is 0.264 e. The number of aryl methyl sites for hydroxylation is 1. The highest BCUT2D eigenvalue weighted by Crippen LogP contribution is 2.23. The summed E-state index contributed by atoms with van der Waals surface area (Å²) in [6.07, 6.45) is 0.802. The predicted octanol–water partition coefficient (Wildman–Crippen LogP) is 4.31. The first-order valence-corrected chi connectivity index (χ1v) is 9.02. The van der Waals surface area contributed by atoms with Crippen LogP contribution in [0.2, 0.25) is 0 Å². The molecule has 0 aliphatic heterocycles. The quantitative estimate of drug-likeness (QED) is 0.793. The Bertz CT molecular complexity index is 699. The van der Waals surface area contributed by atoms with Gasteiger partial charge in [-0.05, 0) is 53.0 Å². The first-order valence-electron chi connectivity index (χ1n) is 7.41. The van der Waals surface area contributed by atoms with Crippen molar-refractivity contribution in [3.8, 4) is 0 Å². The largest absolute Gasteiger partial charge is 0.329 e. The molecule has 0 spiro atoms. The molecule has 1 aromatic heterocycles. The number of carbonyl (C=O) groups is 2. The second-order valence-corrected chi connectivity index (χ2v) is 7.66. The van der Waals surface area contributed by atoms with E-state index in [9.17, 15) is 9.59 Å². The molecule has 4 nitrogen and oxygen atoms in total. The molecule has 0 bridgehead atoms. The average Bonchev–Trinajstić information content (AvgIpc) is 2.95. The number of thiophene rings is 1. The normalized spacial score (nSPS) is 10.4.